The lowest BCUT2D eigenvalue weighted by molar-refractivity contribution is -0.120. The van der Waals surface area contributed by atoms with E-state index in [0.717, 1.165) is 10.9 Å². The van der Waals surface area contributed by atoms with Crippen LogP contribution in [0.5, 0.6) is 0 Å². The number of carbonyl (C=O) groups is 1. The molecule has 4 heteroatoms. The van der Waals surface area contributed by atoms with Crippen molar-refractivity contribution in [1.82, 2.24) is 10.6 Å². The van der Waals surface area contributed by atoms with E-state index in [1.165, 1.54) is 5.56 Å². The number of likely N-dealkylation sites (N-methyl/N-ethyl adjacent to an activating group) is 1. The van der Waals surface area contributed by atoms with Gasteiger partial charge in [0.25, 0.3) is 0 Å². The molecule has 0 saturated carbocycles. The van der Waals surface area contributed by atoms with Gasteiger partial charge in [-0.2, -0.15) is 0 Å². The van der Waals surface area contributed by atoms with Crippen LogP contribution in [0.1, 0.15) is 12.5 Å². The van der Waals surface area contributed by atoms with E-state index >= 15 is 0 Å². The van der Waals surface area contributed by atoms with E-state index in [-0.39, 0.29) is 11.9 Å². The van der Waals surface area contributed by atoms with E-state index in [9.17, 15) is 4.79 Å². The minimum atomic E-state index is 0.0344. The topological polar surface area (TPSA) is 41.1 Å². The molecule has 0 fully saturated rings. The summed E-state index contributed by atoms with van der Waals surface area (Å²) in [5.41, 5.74) is 1.22. The van der Waals surface area contributed by atoms with Gasteiger partial charge in [-0.15, -0.1) is 0 Å². The number of rotatable bonds is 5. The Bertz CT molecular complexity index is 337. The van der Waals surface area contributed by atoms with E-state index in [1.54, 1.807) is 7.05 Å². The van der Waals surface area contributed by atoms with Crippen LogP contribution < -0.4 is 10.6 Å². The summed E-state index contributed by atoms with van der Waals surface area (Å²) in [7, 11) is 1.76. The molecule has 3 nitrogen and oxygen atoms in total. The SMILES string of the molecule is CNCC(=O)NC(C)Cc1ccc(Br)cc1. The van der Waals surface area contributed by atoms with Crippen LogP contribution in [-0.2, 0) is 11.2 Å². The molecule has 0 aliphatic heterocycles. The van der Waals surface area contributed by atoms with Crippen molar-refractivity contribution < 1.29 is 4.79 Å². The van der Waals surface area contributed by atoms with Crippen LogP contribution in [0, 0.1) is 0 Å². The van der Waals surface area contributed by atoms with Crippen LogP contribution in [0.25, 0.3) is 0 Å². The number of amides is 1. The second kappa shape index (κ2) is 6.66. The Hall–Kier alpha value is -0.870. The molecular weight excluding hydrogens is 268 g/mol. The first-order valence-corrected chi connectivity index (χ1v) is 6.09. The van der Waals surface area contributed by atoms with E-state index in [0.29, 0.717) is 6.54 Å². The summed E-state index contributed by atoms with van der Waals surface area (Å²) in [6.45, 7) is 2.38. The van der Waals surface area contributed by atoms with Gasteiger partial charge in [-0.3, -0.25) is 4.79 Å². The van der Waals surface area contributed by atoms with E-state index in [4.69, 9.17) is 0 Å². The lowest BCUT2D eigenvalue weighted by Gasteiger charge is -2.13. The molecule has 1 unspecified atom stereocenters. The Kier molecular flexibility index (Phi) is 5.49. The smallest absolute Gasteiger partial charge is 0.234 e. The van der Waals surface area contributed by atoms with Crippen molar-refractivity contribution >= 4 is 21.8 Å². The number of nitrogens with one attached hydrogen (secondary N) is 2. The molecule has 1 rings (SSSR count). The molecular formula is C12H17BrN2O. The fourth-order valence-corrected chi connectivity index (χ4v) is 1.78. The summed E-state index contributed by atoms with van der Waals surface area (Å²) >= 11 is 3.39. The zero-order chi connectivity index (χ0) is 12.0. The summed E-state index contributed by atoms with van der Waals surface area (Å²) < 4.78 is 1.07. The standard InChI is InChI=1S/C12H17BrN2O/c1-9(15-12(16)8-14-2)7-10-3-5-11(13)6-4-10/h3-6,9,14H,7-8H2,1-2H3,(H,15,16). The van der Waals surface area contributed by atoms with Gasteiger partial charge < -0.3 is 10.6 Å². The highest BCUT2D eigenvalue weighted by Crippen LogP contribution is 2.11. The summed E-state index contributed by atoms with van der Waals surface area (Å²) in [6.07, 6.45) is 0.850. The molecule has 0 saturated heterocycles. The lowest BCUT2D eigenvalue weighted by Crippen LogP contribution is -2.39. The second-order valence-corrected chi connectivity index (χ2v) is 4.75. The van der Waals surface area contributed by atoms with Crippen LogP contribution in [-0.4, -0.2) is 25.5 Å². The molecule has 1 aromatic rings. The molecule has 0 aromatic heterocycles. The van der Waals surface area contributed by atoms with Crippen LogP contribution in [0.2, 0.25) is 0 Å². The van der Waals surface area contributed by atoms with Crippen molar-refractivity contribution in [2.75, 3.05) is 13.6 Å². The maximum atomic E-state index is 11.3. The molecule has 1 atom stereocenters. The number of hydrogen-bond donors (Lipinski definition) is 2. The second-order valence-electron chi connectivity index (χ2n) is 3.83. The summed E-state index contributed by atoms with van der Waals surface area (Å²) in [6, 6.07) is 8.30. The average Bonchev–Trinajstić information content (AvgIpc) is 2.21. The van der Waals surface area contributed by atoms with Gasteiger partial charge in [0.05, 0.1) is 6.54 Å². The Balaban J connectivity index is 2.42. The van der Waals surface area contributed by atoms with Crippen LogP contribution in [0.15, 0.2) is 28.7 Å². The number of carbonyl (C=O) groups excluding carboxylic acids is 1. The fourth-order valence-electron chi connectivity index (χ4n) is 1.51. The largest absolute Gasteiger partial charge is 0.352 e. The monoisotopic (exact) mass is 284 g/mol. The maximum Gasteiger partial charge on any atom is 0.234 e. The Labute approximate surface area is 105 Å². The van der Waals surface area contributed by atoms with Gasteiger partial charge in [-0.25, -0.2) is 0 Å². The van der Waals surface area contributed by atoms with E-state index in [1.807, 2.05) is 19.1 Å². The molecule has 0 bridgehead atoms. The third-order valence-electron chi connectivity index (χ3n) is 2.20. The normalized spacial score (nSPS) is 12.2. The molecule has 0 aliphatic rings. The molecule has 0 aliphatic carbocycles. The summed E-state index contributed by atoms with van der Waals surface area (Å²) in [4.78, 5) is 11.3. The molecule has 0 spiro atoms. The first kappa shape index (κ1) is 13.2. The number of halogens is 1. The Morgan fingerprint density at radius 2 is 2.00 bits per heavy atom. The van der Waals surface area contributed by atoms with Gasteiger partial charge in [0.1, 0.15) is 0 Å². The van der Waals surface area contributed by atoms with Crippen molar-refractivity contribution in [3.8, 4) is 0 Å². The van der Waals surface area contributed by atoms with E-state index < -0.39 is 0 Å². The van der Waals surface area contributed by atoms with Gasteiger partial charge in [0, 0.05) is 10.5 Å². The number of benzene rings is 1. The molecule has 1 amide bonds. The van der Waals surface area contributed by atoms with Crippen LogP contribution in [0.4, 0.5) is 0 Å². The predicted molar refractivity (Wildman–Crippen MR) is 69.4 cm³/mol. The quantitative estimate of drug-likeness (QED) is 0.865. The predicted octanol–water partition coefficient (Wildman–Crippen LogP) is 1.72. The molecule has 0 heterocycles. The highest BCUT2D eigenvalue weighted by atomic mass is 79.9. The molecule has 0 radical (unpaired) electrons. The molecule has 88 valence electrons. The van der Waals surface area contributed by atoms with Gasteiger partial charge in [-0.1, -0.05) is 28.1 Å². The maximum absolute atomic E-state index is 11.3. The van der Waals surface area contributed by atoms with Crippen molar-refractivity contribution in [2.45, 2.75) is 19.4 Å². The minimum absolute atomic E-state index is 0.0344. The first-order valence-electron chi connectivity index (χ1n) is 5.30. The highest BCUT2D eigenvalue weighted by Gasteiger charge is 2.06. The van der Waals surface area contributed by atoms with Gasteiger partial charge in [0.2, 0.25) is 5.91 Å². The molecule has 1 aromatic carbocycles. The third kappa shape index (κ3) is 4.77. The first-order chi connectivity index (χ1) is 7.61. The van der Waals surface area contributed by atoms with Crippen molar-refractivity contribution in [2.24, 2.45) is 0 Å². The summed E-state index contributed by atoms with van der Waals surface area (Å²) in [5, 5.41) is 5.76. The highest BCUT2D eigenvalue weighted by molar-refractivity contribution is 9.10. The zero-order valence-corrected chi connectivity index (χ0v) is 11.2. The fraction of sp³-hybridized carbons (Fsp3) is 0.417. The van der Waals surface area contributed by atoms with E-state index in [2.05, 4.69) is 38.7 Å². The van der Waals surface area contributed by atoms with Crippen LogP contribution in [0.3, 0.4) is 0 Å². The van der Waals surface area contributed by atoms with Crippen molar-refractivity contribution in [3.63, 3.8) is 0 Å². The lowest BCUT2D eigenvalue weighted by atomic mass is 10.1. The Morgan fingerprint density at radius 1 is 1.38 bits per heavy atom. The molecule has 2 N–H and O–H groups in total. The van der Waals surface area contributed by atoms with Crippen LogP contribution >= 0.6 is 15.9 Å². The van der Waals surface area contributed by atoms with Crippen molar-refractivity contribution in [3.05, 3.63) is 34.3 Å². The average molecular weight is 285 g/mol. The van der Waals surface area contributed by atoms with Gasteiger partial charge in [-0.05, 0) is 38.1 Å². The zero-order valence-electron chi connectivity index (χ0n) is 9.59. The third-order valence-corrected chi connectivity index (χ3v) is 2.73. The molecule has 16 heavy (non-hydrogen) atoms. The minimum Gasteiger partial charge on any atom is -0.352 e. The Morgan fingerprint density at radius 3 is 2.56 bits per heavy atom. The van der Waals surface area contributed by atoms with Crippen molar-refractivity contribution in [1.29, 1.82) is 0 Å². The van der Waals surface area contributed by atoms with Gasteiger partial charge in [0.15, 0.2) is 0 Å². The van der Waals surface area contributed by atoms with Gasteiger partial charge >= 0.3 is 0 Å². The number of hydrogen-bond acceptors (Lipinski definition) is 2. The summed E-state index contributed by atoms with van der Waals surface area (Å²) in [5.74, 6) is 0.0344.